The summed E-state index contributed by atoms with van der Waals surface area (Å²) in [5, 5.41) is 3.23. The highest BCUT2D eigenvalue weighted by molar-refractivity contribution is 5.35. The zero-order valence-electron chi connectivity index (χ0n) is 12.4. The molecule has 4 nitrogen and oxygen atoms in total. The van der Waals surface area contributed by atoms with Gasteiger partial charge in [0.05, 0.1) is 0 Å². The minimum absolute atomic E-state index is 0.698. The number of rotatable bonds is 6. The lowest BCUT2D eigenvalue weighted by Gasteiger charge is -2.26. The second kappa shape index (κ2) is 6.87. The van der Waals surface area contributed by atoms with Crippen LogP contribution in [0.1, 0.15) is 25.3 Å². The molecule has 0 aromatic carbocycles. The summed E-state index contributed by atoms with van der Waals surface area (Å²) in [6, 6.07) is 4.97. The van der Waals surface area contributed by atoms with E-state index in [9.17, 15) is 0 Å². The zero-order valence-corrected chi connectivity index (χ0v) is 12.4. The van der Waals surface area contributed by atoms with Gasteiger partial charge in [-0.15, -0.1) is 0 Å². The van der Waals surface area contributed by atoms with E-state index in [1.807, 2.05) is 6.20 Å². The number of nitrogens with zero attached hydrogens (tertiary/aromatic N) is 3. The average molecular weight is 262 g/mol. The van der Waals surface area contributed by atoms with Crippen LogP contribution in [0.25, 0.3) is 0 Å². The summed E-state index contributed by atoms with van der Waals surface area (Å²) in [6.07, 6.45) is 4.64. The van der Waals surface area contributed by atoms with Gasteiger partial charge in [-0.1, -0.05) is 6.07 Å². The summed E-state index contributed by atoms with van der Waals surface area (Å²) in [5.41, 5.74) is 1.31. The van der Waals surface area contributed by atoms with Crippen molar-refractivity contribution in [1.29, 1.82) is 0 Å². The standard InChI is InChI=1S/C15H26N4/c1-4-16-15-8-7-13(10-17-15)11-19-9-5-6-14(19)12-18(2)3/h7-8,10,14H,4-6,9,11-12H2,1-3H3,(H,16,17). The van der Waals surface area contributed by atoms with Gasteiger partial charge in [-0.05, 0) is 52.0 Å². The van der Waals surface area contributed by atoms with Crippen LogP contribution in [0.2, 0.25) is 0 Å². The molecule has 0 saturated carbocycles. The van der Waals surface area contributed by atoms with E-state index < -0.39 is 0 Å². The Labute approximate surface area is 116 Å². The van der Waals surface area contributed by atoms with Gasteiger partial charge in [0, 0.05) is 31.9 Å². The molecule has 1 aliphatic heterocycles. The van der Waals surface area contributed by atoms with Crippen LogP contribution < -0.4 is 5.32 Å². The first-order chi connectivity index (χ1) is 9.19. The third-order valence-corrected chi connectivity index (χ3v) is 3.64. The molecule has 1 N–H and O–H groups in total. The molecule has 1 fully saturated rings. The van der Waals surface area contributed by atoms with Gasteiger partial charge in [0.25, 0.3) is 0 Å². The summed E-state index contributed by atoms with van der Waals surface area (Å²) < 4.78 is 0. The number of anilines is 1. The van der Waals surface area contributed by atoms with E-state index in [0.29, 0.717) is 6.04 Å². The lowest BCUT2D eigenvalue weighted by atomic mass is 10.2. The van der Waals surface area contributed by atoms with Crippen LogP contribution in [0, 0.1) is 0 Å². The molecule has 4 heteroatoms. The van der Waals surface area contributed by atoms with Gasteiger partial charge in [-0.25, -0.2) is 4.98 Å². The van der Waals surface area contributed by atoms with E-state index in [2.05, 4.69) is 53.3 Å². The molecular weight excluding hydrogens is 236 g/mol. The highest BCUT2D eigenvalue weighted by atomic mass is 15.2. The topological polar surface area (TPSA) is 31.4 Å². The molecule has 0 radical (unpaired) electrons. The Kier molecular flexibility index (Phi) is 5.16. The van der Waals surface area contributed by atoms with Crippen LogP contribution >= 0.6 is 0 Å². The third-order valence-electron chi connectivity index (χ3n) is 3.64. The summed E-state index contributed by atoms with van der Waals surface area (Å²) in [7, 11) is 4.31. The van der Waals surface area contributed by atoms with E-state index in [4.69, 9.17) is 0 Å². The number of nitrogens with one attached hydrogen (secondary N) is 1. The predicted octanol–water partition coefficient (Wildman–Crippen LogP) is 2.04. The van der Waals surface area contributed by atoms with E-state index in [1.54, 1.807) is 0 Å². The maximum absolute atomic E-state index is 4.45. The molecular formula is C15H26N4. The van der Waals surface area contributed by atoms with Crippen LogP contribution in [0.15, 0.2) is 18.3 Å². The van der Waals surface area contributed by atoms with Crippen molar-refractivity contribution in [2.45, 2.75) is 32.4 Å². The predicted molar refractivity (Wildman–Crippen MR) is 80.4 cm³/mol. The molecule has 106 valence electrons. The third kappa shape index (κ3) is 4.18. The molecule has 2 rings (SSSR count). The van der Waals surface area contributed by atoms with Gasteiger partial charge in [0.15, 0.2) is 0 Å². The molecule has 2 heterocycles. The Balaban J connectivity index is 1.92. The number of likely N-dealkylation sites (tertiary alicyclic amines) is 1. The minimum atomic E-state index is 0.698. The first kappa shape index (κ1) is 14.3. The number of likely N-dealkylation sites (N-methyl/N-ethyl adjacent to an activating group) is 1. The van der Waals surface area contributed by atoms with Crippen molar-refractivity contribution < 1.29 is 0 Å². The molecule has 1 aromatic heterocycles. The van der Waals surface area contributed by atoms with Crippen molar-refractivity contribution in [2.75, 3.05) is 39.0 Å². The summed E-state index contributed by atoms with van der Waals surface area (Å²) in [5.74, 6) is 0.970. The average Bonchev–Trinajstić information content (AvgIpc) is 2.79. The van der Waals surface area contributed by atoms with Crippen molar-refractivity contribution in [3.8, 4) is 0 Å². The Morgan fingerprint density at radius 3 is 2.89 bits per heavy atom. The van der Waals surface area contributed by atoms with Crippen LogP contribution in [0.5, 0.6) is 0 Å². The quantitative estimate of drug-likeness (QED) is 0.850. The normalized spacial score (nSPS) is 20.1. The Morgan fingerprint density at radius 1 is 1.42 bits per heavy atom. The SMILES string of the molecule is CCNc1ccc(CN2CCCC2CN(C)C)cn1. The van der Waals surface area contributed by atoms with Gasteiger partial charge in [0.1, 0.15) is 5.82 Å². The van der Waals surface area contributed by atoms with Gasteiger partial charge in [-0.2, -0.15) is 0 Å². The first-order valence-corrected chi connectivity index (χ1v) is 7.26. The van der Waals surface area contributed by atoms with Crippen molar-refractivity contribution >= 4 is 5.82 Å². The summed E-state index contributed by atoms with van der Waals surface area (Å²) in [6.45, 7) is 6.41. The van der Waals surface area contributed by atoms with Gasteiger partial charge < -0.3 is 10.2 Å². The molecule has 1 saturated heterocycles. The number of aromatic nitrogens is 1. The highest BCUT2D eigenvalue weighted by Crippen LogP contribution is 2.20. The van der Waals surface area contributed by atoms with Crippen LogP contribution in [-0.4, -0.2) is 54.6 Å². The van der Waals surface area contributed by atoms with E-state index in [0.717, 1.165) is 25.5 Å². The molecule has 1 atom stereocenters. The largest absolute Gasteiger partial charge is 0.370 e. The van der Waals surface area contributed by atoms with E-state index in [1.165, 1.54) is 24.9 Å². The van der Waals surface area contributed by atoms with Crippen LogP contribution in [0.3, 0.4) is 0 Å². The summed E-state index contributed by atoms with van der Waals surface area (Å²) >= 11 is 0. The molecule has 0 aliphatic carbocycles. The molecule has 0 amide bonds. The summed E-state index contributed by atoms with van der Waals surface area (Å²) in [4.78, 5) is 9.32. The number of hydrogen-bond donors (Lipinski definition) is 1. The van der Waals surface area contributed by atoms with Crippen LogP contribution in [-0.2, 0) is 6.54 Å². The van der Waals surface area contributed by atoms with Crippen LogP contribution in [0.4, 0.5) is 5.82 Å². The Morgan fingerprint density at radius 2 is 2.26 bits per heavy atom. The van der Waals surface area contributed by atoms with Gasteiger partial charge in [-0.3, -0.25) is 4.90 Å². The fourth-order valence-corrected chi connectivity index (χ4v) is 2.77. The van der Waals surface area contributed by atoms with Crippen molar-refractivity contribution in [3.63, 3.8) is 0 Å². The molecule has 0 bridgehead atoms. The lowest BCUT2D eigenvalue weighted by Crippen LogP contribution is -2.37. The Hall–Kier alpha value is -1.13. The highest BCUT2D eigenvalue weighted by Gasteiger charge is 2.24. The van der Waals surface area contributed by atoms with Gasteiger partial charge >= 0.3 is 0 Å². The molecule has 1 aromatic rings. The molecule has 19 heavy (non-hydrogen) atoms. The second-order valence-electron chi connectivity index (χ2n) is 5.61. The second-order valence-corrected chi connectivity index (χ2v) is 5.61. The van der Waals surface area contributed by atoms with E-state index >= 15 is 0 Å². The minimum Gasteiger partial charge on any atom is -0.370 e. The zero-order chi connectivity index (χ0) is 13.7. The number of pyridine rings is 1. The van der Waals surface area contributed by atoms with Crippen molar-refractivity contribution in [1.82, 2.24) is 14.8 Å². The van der Waals surface area contributed by atoms with Crippen molar-refractivity contribution in [3.05, 3.63) is 23.9 Å². The lowest BCUT2D eigenvalue weighted by molar-refractivity contribution is 0.201. The molecule has 1 aliphatic rings. The fourth-order valence-electron chi connectivity index (χ4n) is 2.77. The molecule has 1 unspecified atom stereocenters. The van der Waals surface area contributed by atoms with E-state index in [-0.39, 0.29) is 0 Å². The Bertz CT molecular complexity index is 374. The maximum atomic E-state index is 4.45. The monoisotopic (exact) mass is 262 g/mol. The van der Waals surface area contributed by atoms with Crippen molar-refractivity contribution in [2.24, 2.45) is 0 Å². The first-order valence-electron chi connectivity index (χ1n) is 7.26. The molecule has 0 spiro atoms. The van der Waals surface area contributed by atoms with Gasteiger partial charge in [0.2, 0.25) is 0 Å². The maximum Gasteiger partial charge on any atom is 0.125 e. The fraction of sp³-hybridized carbons (Fsp3) is 0.667. The smallest absolute Gasteiger partial charge is 0.125 e. The number of hydrogen-bond acceptors (Lipinski definition) is 4.